The molecule has 0 fully saturated rings. The summed E-state index contributed by atoms with van der Waals surface area (Å²) in [7, 11) is 0. The first kappa shape index (κ1) is 14.4. The van der Waals surface area contributed by atoms with Gasteiger partial charge in [0.05, 0.1) is 6.04 Å². The van der Waals surface area contributed by atoms with Crippen molar-refractivity contribution in [2.45, 2.75) is 39.2 Å². The number of benzene rings is 1. The molecule has 1 unspecified atom stereocenters. The van der Waals surface area contributed by atoms with Crippen LogP contribution in [0.15, 0.2) is 30.3 Å². The van der Waals surface area contributed by atoms with Gasteiger partial charge in [-0.1, -0.05) is 50.6 Å². The van der Waals surface area contributed by atoms with Crippen molar-refractivity contribution in [2.24, 2.45) is 5.92 Å². The Hall–Kier alpha value is -1.64. The second-order valence-corrected chi connectivity index (χ2v) is 4.60. The van der Waals surface area contributed by atoms with Crippen molar-refractivity contribution < 1.29 is 9.59 Å². The Morgan fingerprint density at radius 1 is 1.33 bits per heavy atom. The molecule has 0 saturated heterocycles. The van der Waals surface area contributed by atoms with Crippen LogP contribution in [-0.2, 0) is 16.0 Å². The van der Waals surface area contributed by atoms with Crippen molar-refractivity contribution in [3.8, 4) is 0 Å². The third kappa shape index (κ3) is 4.70. The predicted molar refractivity (Wildman–Crippen MR) is 72.2 cm³/mol. The minimum absolute atomic E-state index is 0.0590. The van der Waals surface area contributed by atoms with Crippen LogP contribution in [-0.4, -0.2) is 18.2 Å². The zero-order chi connectivity index (χ0) is 13.4. The van der Waals surface area contributed by atoms with Gasteiger partial charge in [0.2, 0.25) is 5.91 Å². The van der Waals surface area contributed by atoms with E-state index in [1.54, 1.807) is 0 Å². The average Bonchev–Trinajstić information content (AvgIpc) is 2.42. The standard InChI is InChI=1S/C15H21NO2/c1-3-12(2)14(11-17)16-15(18)10-9-13-7-5-4-6-8-13/h4-8,11-12,14H,3,9-10H2,1-2H3,(H,16,18)/t12-,14?/m0/s1. The van der Waals surface area contributed by atoms with Crippen molar-refractivity contribution in [1.29, 1.82) is 0 Å². The highest BCUT2D eigenvalue weighted by Gasteiger charge is 2.16. The molecule has 0 saturated carbocycles. The van der Waals surface area contributed by atoms with Gasteiger partial charge in [0.15, 0.2) is 0 Å². The number of carbonyl (C=O) groups excluding carboxylic acids is 2. The maximum absolute atomic E-state index is 11.7. The Kier molecular flexibility index (Phi) is 6.12. The van der Waals surface area contributed by atoms with Gasteiger partial charge in [-0.3, -0.25) is 4.79 Å². The van der Waals surface area contributed by atoms with Crippen molar-refractivity contribution in [3.63, 3.8) is 0 Å². The van der Waals surface area contributed by atoms with Crippen LogP contribution in [0.3, 0.4) is 0 Å². The van der Waals surface area contributed by atoms with Crippen LogP contribution in [0, 0.1) is 5.92 Å². The van der Waals surface area contributed by atoms with Gasteiger partial charge in [-0.15, -0.1) is 0 Å². The number of nitrogens with one attached hydrogen (secondary N) is 1. The third-order valence-corrected chi connectivity index (χ3v) is 3.21. The van der Waals surface area contributed by atoms with Gasteiger partial charge in [-0.05, 0) is 17.9 Å². The first-order valence-corrected chi connectivity index (χ1v) is 6.46. The topological polar surface area (TPSA) is 46.2 Å². The summed E-state index contributed by atoms with van der Waals surface area (Å²) in [6.07, 6.45) is 2.83. The maximum Gasteiger partial charge on any atom is 0.220 e. The molecule has 1 amide bonds. The third-order valence-electron chi connectivity index (χ3n) is 3.21. The minimum atomic E-state index is -0.363. The van der Waals surface area contributed by atoms with E-state index in [2.05, 4.69) is 5.32 Å². The van der Waals surface area contributed by atoms with Crippen molar-refractivity contribution in [2.75, 3.05) is 0 Å². The lowest BCUT2D eigenvalue weighted by Gasteiger charge is -2.18. The maximum atomic E-state index is 11.7. The Morgan fingerprint density at radius 3 is 2.56 bits per heavy atom. The summed E-state index contributed by atoms with van der Waals surface area (Å²) in [5.41, 5.74) is 1.14. The van der Waals surface area contributed by atoms with Crippen LogP contribution in [0.1, 0.15) is 32.3 Å². The van der Waals surface area contributed by atoms with Crippen LogP contribution in [0.4, 0.5) is 0 Å². The Labute approximate surface area is 109 Å². The van der Waals surface area contributed by atoms with Crippen LogP contribution < -0.4 is 5.32 Å². The van der Waals surface area contributed by atoms with Crippen LogP contribution >= 0.6 is 0 Å². The summed E-state index contributed by atoms with van der Waals surface area (Å²) in [4.78, 5) is 22.6. The minimum Gasteiger partial charge on any atom is -0.346 e. The Morgan fingerprint density at radius 2 is 2.00 bits per heavy atom. The van der Waals surface area contributed by atoms with E-state index in [1.165, 1.54) is 0 Å². The molecule has 0 aliphatic rings. The summed E-state index contributed by atoms with van der Waals surface area (Å²) in [5.74, 6) is 0.124. The number of aryl methyl sites for hydroxylation is 1. The largest absolute Gasteiger partial charge is 0.346 e. The van der Waals surface area contributed by atoms with Gasteiger partial charge in [-0.25, -0.2) is 0 Å². The summed E-state index contributed by atoms with van der Waals surface area (Å²) in [6, 6.07) is 9.51. The van der Waals surface area contributed by atoms with Gasteiger partial charge in [0, 0.05) is 6.42 Å². The molecular weight excluding hydrogens is 226 g/mol. The number of carbonyl (C=O) groups is 2. The van der Waals surface area contributed by atoms with Gasteiger partial charge in [0.1, 0.15) is 6.29 Å². The van der Waals surface area contributed by atoms with E-state index < -0.39 is 0 Å². The molecule has 3 nitrogen and oxygen atoms in total. The van der Waals surface area contributed by atoms with Gasteiger partial charge in [0.25, 0.3) is 0 Å². The van der Waals surface area contributed by atoms with Gasteiger partial charge >= 0.3 is 0 Å². The summed E-state index contributed by atoms with van der Waals surface area (Å²) < 4.78 is 0. The first-order chi connectivity index (χ1) is 8.67. The average molecular weight is 247 g/mol. The molecule has 18 heavy (non-hydrogen) atoms. The Bertz CT molecular complexity index is 375. The SMILES string of the molecule is CC[C@H](C)C(C=O)NC(=O)CCc1ccccc1. The smallest absolute Gasteiger partial charge is 0.220 e. The molecule has 1 aromatic rings. The van der Waals surface area contributed by atoms with E-state index in [-0.39, 0.29) is 17.9 Å². The van der Waals surface area contributed by atoms with Crippen molar-refractivity contribution in [1.82, 2.24) is 5.32 Å². The normalized spacial score (nSPS) is 13.7. The lowest BCUT2D eigenvalue weighted by molar-refractivity contribution is -0.124. The highest BCUT2D eigenvalue weighted by atomic mass is 16.2. The highest BCUT2D eigenvalue weighted by Crippen LogP contribution is 2.07. The number of aldehydes is 1. The monoisotopic (exact) mass is 247 g/mol. The number of amides is 1. The predicted octanol–water partition coefficient (Wildman–Crippen LogP) is 2.35. The molecule has 2 atom stereocenters. The van der Waals surface area contributed by atoms with E-state index in [0.717, 1.165) is 18.3 Å². The summed E-state index contributed by atoms with van der Waals surface area (Å²) in [6.45, 7) is 3.98. The number of hydrogen-bond acceptors (Lipinski definition) is 2. The van der Waals surface area contributed by atoms with E-state index in [1.807, 2.05) is 44.2 Å². The number of rotatable bonds is 7. The molecule has 0 bridgehead atoms. The van der Waals surface area contributed by atoms with Crippen molar-refractivity contribution in [3.05, 3.63) is 35.9 Å². The molecule has 1 aromatic carbocycles. The quantitative estimate of drug-likeness (QED) is 0.752. The molecule has 0 aliphatic carbocycles. The van der Waals surface area contributed by atoms with E-state index in [9.17, 15) is 9.59 Å². The molecule has 0 aromatic heterocycles. The molecule has 0 radical (unpaired) electrons. The molecule has 98 valence electrons. The fourth-order valence-corrected chi connectivity index (χ4v) is 1.72. The molecule has 1 rings (SSSR count). The molecule has 0 heterocycles. The summed E-state index contributed by atoms with van der Waals surface area (Å²) >= 11 is 0. The molecular formula is C15H21NO2. The lowest BCUT2D eigenvalue weighted by atomic mass is 10.00. The van der Waals surface area contributed by atoms with E-state index in [4.69, 9.17) is 0 Å². The highest BCUT2D eigenvalue weighted by molar-refractivity contribution is 5.79. The van der Waals surface area contributed by atoms with E-state index >= 15 is 0 Å². The zero-order valence-electron chi connectivity index (χ0n) is 11.1. The summed E-state index contributed by atoms with van der Waals surface area (Å²) in [5, 5.41) is 2.78. The van der Waals surface area contributed by atoms with Crippen molar-refractivity contribution >= 4 is 12.2 Å². The van der Waals surface area contributed by atoms with Gasteiger partial charge < -0.3 is 10.1 Å². The molecule has 0 aliphatic heterocycles. The Balaban J connectivity index is 2.39. The first-order valence-electron chi connectivity index (χ1n) is 6.46. The van der Waals surface area contributed by atoms with Crippen LogP contribution in [0.2, 0.25) is 0 Å². The second-order valence-electron chi connectivity index (χ2n) is 4.60. The molecule has 0 spiro atoms. The molecule has 3 heteroatoms. The van der Waals surface area contributed by atoms with Crippen LogP contribution in [0.5, 0.6) is 0 Å². The fraction of sp³-hybridized carbons (Fsp3) is 0.467. The van der Waals surface area contributed by atoms with Gasteiger partial charge in [-0.2, -0.15) is 0 Å². The second kappa shape index (κ2) is 7.64. The lowest BCUT2D eigenvalue weighted by Crippen LogP contribution is -2.40. The number of hydrogen-bond donors (Lipinski definition) is 1. The zero-order valence-corrected chi connectivity index (χ0v) is 11.1. The van der Waals surface area contributed by atoms with E-state index in [0.29, 0.717) is 12.8 Å². The molecule has 1 N–H and O–H groups in total. The van der Waals surface area contributed by atoms with Crippen LogP contribution in [0.25, 0.3) is 0 Å². The fourth-order valence-electron chi connectivity index (χ4n) is 1.72.